The van der Waals surface area contributed by atoms with Gasteiger partial charge >= 0.3 is 0 Å². The molecule has 0 aliphatic carbocycles. The number of guanidine groups is 1. The minimum atomic E-state index is 0.457. The van der Waals surface area contributed by atoms with Crippen molar-refractivity contribution >= 4 is 22.3 Å². The molecule has 0 saturated carbocycles. The first kappa shape index (κ1) is 17.7. The third kappa shape index (κ3) is 4.72. The summed E-state index contributed by atoms with van der Waals surface area (Å²) >= 11 is 1.82. The van der Waals surface area contributed by atoms with Gasteiger partial charge in [0.15, 0.2) is 11.8 Å². The highest BCUT2D eigenvalue weighted by molar-refractivity contribution is 7.14. The predicted octanol–water partition coefficient (Wildman–Crippen LogP) is 2.08. The van der Waals surface area contributed by atoms with Gasteiger partial charge < -0.3 is 20.1 Å². The highest BCUT2D eigenvalue weighted by Gasteiger charge is 2.20. The van der Waals surface area contributed by atoms with Crippen molar-refractivity contribution in [1.29, 1.82) is 0 Å². The lowest BCUT2D eigenvalue weighted by Gasteiger charge is -2.33. The second-order valence-corrected chi connectivity index (χ2v) is 7.01. The average molecular weight is 362 g/mol. The molecule has 2 aromatic rings. The molecule has 0 atom stereocenters. The fourth-order valence-corrected chi connectivity index (χ4v) is 3.81. The maximum Gasteiger partial charge on any atom is 0.191 e. The first-order valence-corrected chi connectivity index (χ1v) is 9.88. The number of rotatable bonds is 6. The Morgan fingerprint density at radius 1 is 1.36 bits per heavy atom. The lowest BCUT2D eigenvalue weighted by molar-refractivity contribution is 0.462. The molecule has 0 unspecified atom stereocenters. The number of hydrogen-bond donors (Lipinski definition) is 2. The van der Waals surface area contributed by atoms with Crippen LogP contribution in [0.4, 0.5) is 5.00 Å². The van der Waals surface area contributed by atoms with Crippen LogP contribution < -0.4 is 15.5 Å². The normalized spacial score (nSPS) is 16.2. The van der Waals surface area contributed by atoms with E-state index in [9.17, 15) is 0 Å². The highest BCUT2D eigenvalue weighted by atomic mass is 32.1. The molecule has 7 nitrogen and oxygen atoms in total. The van der Waals surface area contributed by atoms with Crippen molar-refractivity contribution in [2.45, 2.75) is 45.8 Å². The van der Waals surface area contributed by atoms with Crippen LogP contribution in [0.5, 0.6) is 0 Å². The molecule has 136 valence electrons. The van der Waals surface area contributed by atoms with Gasteiger partial charge in [0.05, 0.1) is 5.00 Å². The van der Waals surface area contributed by atoms with Crippen molar-refractivity contribution < 1.29 is 0 Å². The topological polar surface area (TPSA) is 70.4 Å². The van der Waals surface area contributed by atoms with E-state index in [1.54, 1.807) is 6.33 Å². The molecule has 2 aromatic heterocycles. The van der Waals surface area contributed by atoms with Gasteiger partial charge in [-0.25, -0.2) is 4.99 Å². The van der Waals surface area contributed by atoms with E-state index in [1.807, 2.05) is 15.9 Å². The molecule has 3 rings (SSSR count). The van der Waals surface area contributed by atoms with Crippen molar-refractivity contribution in [1.82, 2.24) is 25.4 Å². The summed E-state index contributed by atoms with van der Waals surface area (Å²) in [7, 11) is 0. The van der Waals surface area contributed by atoms with Crippen LogP contribution in [0.25, 0.3) is 0 Å². The van der Waals surface area contributed by atoms with Gasteiger partial charge in [0.2, 0.25) is 0 Å². The number of aryl methyl sites for hydroxylation is 1. The third-order valence-electron chi connectivity index (χ3n) is 4.41. The Morgan fingerprint density at radius 2 is 2.20 bits per heavy atom. The van der Waals surface area contributed by atoms with Gasteiger partial charge in [-0.2, -0.15) is 0 Å². The first-order valence-electron chi connectivity index (χ1n) is 9.00. The van der Waals surface area contributed by atoms with Crippen LogP contribution in [0.15, 0.2) is 28.8 Å². The number of nitrogens with one attached hydrogen (secondary N) is 2. The van der Waals surface area contributed by atoms with Crippen LogP contribution in [0.3, 0.4) is 0 Å². The summed E-state index contributed by atoms with van der Waals surface area (Å²) in [6.07, 6.45) is 3.99. The van der Waals surface area contributed by atoms with Crippen molar-refractivity contribution in [3.05, 3.63) is 29.7 Å². The smallest absolute Gasteiger partial charge is 0.191 e. The number of piperidine rings is 1. The first-order chi connectivity index (χ1) is 12.3. The predicted molar refractivity (Wildman–Crippen MR) is 103 cm³/mol. The van der Waals surface area contributed by atoms with Crippen LogP contribution >= 0.6 is 11.3 Å². The van der Waals surface area contributed by atoms with E-state index in [0.717, 1.165) is 50.8 Å². The molecule has 1 aliphatic heterocycles. The van der Waals surface area contributed by atoms with Gasteiger partial charge in [-0.15, -0.1) is 21.5 Å². The van der Waals surface area contributed by atoms with Gasteiger partial charge in [0.25, 0.3) is 0 Å². The zero-order valence-corrected chi connectivity index (χ0v) is 15.8. The summed E-state index contributed by atoms with van der Waals surface area (Å²) in [5.41, 5.74) is 0. The quantitative estimate of drug-likeness (QED) is 0.609. The highest BCUT2D eigenvalue weighted by Crippen LogP contribution is 2.24. The maximum absolute atomic E-state index is 4.69. The molecule has 0 amide bonds. The molecule has 1 aliphatic rings. The summed E-state index contributed by atoms with van der Waals surface area (Å²) in [4.78, 5) is 7.16. The second kappa shape index (κ2) is 8.84. The Bertz CT molecular complexity index is 656. The van der Waals surface area contributed by atoms with E-state index < -0.39 is 0 Å². The summed E-state index contributed by atoms with van der Waals surface area (Å²) in [6, 6.07) is 4.78. The summed E-state index contributed by atoms with van der Waals surface area (Å²) in [5, 5.41) is 18.5. The van der Waals surface area contributed by atoms with Gasteiger partial charge in [0.1, 0.15) is 12.9 Å². The molecule has 3 heterocycles. The van der Waals surface area contributed by atoms with Crippen molar-refractivity contribution in [3.8, 4) is 0 Å². The van der Waals surface area contributed by atoms with Crippen LogP contribution in [-0.4, -0.2) is 46.4 Å². The van der Waals surface area contributed by atoms with E-state index >= 15 is 0 Å². The molecule has 0 radical (unpaired) electrons. The standard InChI is InChI=1S/C17H27N7S/c1-3-18-17(19-12-15-22-20-13-23(15)4-2)21-14-7-9-24(10-8-14)16-6-5-11-25-16/h5-6,11,13-14H,3-4,7-10,12H2,1-2H3,(H2,18,19,21). The maximum atomic E-state index is 4.69. The molecule has 1 fully saturated rings. The minimum Gasteiger partial charge on any atom is -0.363 e. The number of hydrogen-bond acceptors (Lipinski definition) is 5. The Labute approximate surface area is 153 Å². The van der Waals surface area contributed by atoms with Crippen LogP contribution in [-0.2, 0) is 13.1 Å². The van der Waals surface area contributed by atoms with Crippen LogP contribution in [0, 0.1) is 0 Å². The number of aliphatic imine (C=N–C) groups is 1. The second-order valence-electron chi connectivity index (χ2n) is 6.09. The zero-order chi connectivity index (χ0) is 17.5. The van der Waals surface area contributed by atoms with E-state index in [2.05, 4.69) is 62.1 Å². The number of anilines is 1. The molecule has 8 heteroatoms. The summed E-state index contributed by atoms with van der Waals surface area (Å²) in [5.74, 6) is 1.76. The van der Waals surface area contributed by atoms with E-state index in [0.29, 0.717) is 12.6 Å². The number of thiophene rings is 1. The average Bonchev–Trinajstić information content (AvgIpc) is 3.32. The van der Waals surface area contributed by atoms with Crippen LogP contribution in [0.1, 0.15) is 32.5 Å². The van der Waals surface area contributed by atoms with Crippen molar-refractivity contribution in [2.24, 2.45) is 4.99 Å². The molecule has 2 N–H and O–H groups in total. The molecule has 0 aromatic carbocycles. The Hall–Kier alpha value is -2.09. The molecule has 0 spiro atoms. The van der Waals surface area contributed by atoms with Gasteiger partial charge in [0, 0.05) is 32.2 Å². The van der Waals surface area contributed by atoms with Gasteiger partial charge in [-0.05, 0) is 44.2 Å². The number of nitrogens with zero attached hydrogens (tertiary/aromatic N) is 5. The largest absolute Gasteiger partial charge is 0.363 e. The Morgan fingerprint density at radius 3 is 2.88 bits per heavy atom. The van der Waals surface area contributed by atoms with E-state index in [1.165, 1.54) is 5.00 Å². The third-order valence-corrected chi connectivity index (χ3v) is 5.34. The van der Waals surface area contributed by atoms with E-state index in [4.69, 9.17) is 0 Å². The van der Waals surface area contributed by atoms with Crippen molar-refractivity contribution in [2.75, 3.05) is 24.5 Å². The molecule has 0 bridgehead atoms. The fourth-order valence-electron chi connectivity index (χ4n) is 3.02. The molecule has 1 saturated heterocycles. The zero-order valence-electron chi connectivity index (χ0n) is 15.0. The minimum absolute atomic E-state index is 0.457. The molecular formula is C17H27N7S. The monoisotopic (exact) mass is 361 g/mol. The van der Waals surface area contributed by atoms with Gasteiger partial charge in [-0.3, -0.25) is 0 Å². The summed E-state index contributed by atoms with van der Waals surface area (Å²) < 4.78 is 2.02. The fraction of sp³-hybridized carbons (Fsp3) is 0.588. The lowest BCUT2D eigenvalue weighted by atomic mass is 10.1. The van der Waals surface area contributed by atoms with Crippen LogP contribution in [0.2, 0.25) is 0 Å². The summed E-state index contributed by atoms with van der Waals surface area (Å²) in [6.45, 7) is 8.59. The molecule has 25 heavy (non-hydrogen) atoms. The lowest BCUT2D eigenvalue weighted by Crippen LogP contribution is -2.48. The van der Waals surface area contributed by atoms with E-state index in [-0.39, 0.29) is 0 Å². The Balaban J connectivity index is 1.54. The Kier molecular flexibility index (Phi) is 6.27. The van der Waals surface area contributed by atoms with Crippen molar-refractivity contribution in [3.63, 3.8) is 0 Å². The number of aromatic nitrogens is 3. The molecular weight excluding hydrogens is 334 g/mol. The SMILES string of the molecule is CCNC(=NCc1nncn1CC)NC1CCN(c2cccs2)CC1. The van der Waals surface area contributed by atoms with Gasteiger partial charge in [-0.1, -0.05) is 0 Å².